The minimum atomic E-state index is -0.981. The van der Waals surface area contributed by atoms with Gasteiger partial charge in [0.25, 0.3) is 0 Å². The van der Waals surface area contributed by atoms with Crippen molar-refractivity contribution in [1.29, 1.82) is 0 Å². The van der Waals surface area contributed by atoms with E-state index in [0.29, 0.717) is 39.9 Å². The number of rotatable bonds is 4. The number of aromatic carboxylic acids is 1. The van der Waals surface area contributed by atoms with Crippen LogP contribution in [0.1, 0.15) is 27.0 Å². The number of aromatic nitrogens is 1. The van der Waals surface area contributed by atoms with E-state index in [1.54, 1.807) is 42.5 Å². The van der Waals surface area contributed by atoms with Crippen molar-refractivity contribution in [2.45, 2.75) is 6.54 Å². The maximum Gasteiger partial charge on any atom is 0.335 e. The fourth-order valence-electron chi connectivity index (χ4n) is 3.81. The number of carboxylic acids is 1. The van der Waals surface area contributed by atoms with Crippen LogP contribution in [0.15, 0.2) is 83.9 Å². The van der Waals surface area contributed by atoms with Crippen LogP contribution in [0.4, 0.5) is 15.9 Å². The number of halogens is 2. The predicted molar refractivity (Wildman–Crippen MR) is 127 cm³/mol. The number of nitrogens with one attached hydrogen (secondary N) is 1. The van der Waals surface area contributed by atoms with Gasteiger partial charge in [-0.2, -0.15) is 0 Å². The van der Waals surface area contributed by atoms with Crippen LogP contribution in [0.2, 0.25) is 5.02 Å². The number of hydrogen-bond acceptors (Lipinski definition) is 4. The van der Waals surface area contributed by atoms with Gasteiger partial charge in [0, 0.05) is 33.0 Å². The SMILES string of the molecule is O=C(O)c1ccc(Nc2ccc3c(n2)-c2ccc(Cl)cc2C(c2ccccc2F)=NC3)cc1. The number of anilines is 2. The number of fused-ring (bicyclic) bond motifs is 3. The lowest BCUT2D eigenvalue weighted by atomic mass is 9.95. The molecule has 0 saturated heterocycles. The van der Waals surface area contributed by atoms with Crippen molar-refractivity contribution in [3.8, 4) is 11.3 Å². The lowest BCUT2D eigenvalue weighted by molar-refractivity contribution is 0.0697. The van der Waals surface area contributed by atoms with Crippen LogP contribution in [0, 0.1) is 5.82 Å². The molecule has 0 spiro atoms. The zero-order valence-electron chi connectivity index (χ0n) is 17.2. The number of carbonyl (C=O) groups is 1. The second-order valence-electron chi connectivity index (χ2n) is 7.55. The third-order valence-electron chi connectivity index (χ3n) is 5.41. The lowest BCUT2D eigenvalue weighted by Crippen LogP contribution is -2.07. The van der Waals surface area contributed by atoms with Gasteiger partial charge >= 0.3 is 5.97 Å². The van der Waals surface area contributed by atoms with E-state index in [4.69, 9.17) is 26.7 Å². The van der Waals surface area contributed by atoms with Gasteiger partial charge in [-0.1, -0.05) is 35.9 Å². The second kappa shape index (κ2) is 8.48. The average molecular weight is 458 g/mol. The van der Waals surface area contributed by atoms with Crippen molar-refractivity contribution in [2.24, 2.45) is 4.99 Å². The number of carboxylic acid groups (broad SMARTS) is 1. The van der Waals surface area contributed by atoms with Crippen LogP contribution in [0.5, 0.6) is 0 Å². The lowest BCUT2D eigenvalue weighted by Gasteiger charge is -2.13. The molecule has 0 radical (unpaired) electrons. The van der Waals surface area contributed by atoms with E-state index in [-0.39, 0.29) is 11.4 Å². The number of aliphatic imine (C=N–C) groups is 1. The fourth-order valence-corrected chi connectivity index (χ4v) is 3.99. The summed E-state index contributed by atoms with van der Waals surface area (Å²) in [6.07, 6.45) is 0. The summed E-state index contributed by atoms with van der Waals surface area (Å²) in [5, 5.41) is 12.8. The molecule has 1 aliphatic rings. The van der Waals surface area contributed by atoms with E-state index >= 15 is 0 Å². The first-order valence-corrected chi connectivity index (χ1v) is 10.6. The van der Waals surface area contributed by atoms with Crippen LogP contribution in [0.25, 0.3) is 11.3 Å². The van der Waals surface area contributed by atoms with Gasteiger partial charge in [-0.3, -0.25) is 4.99 Å². The molecule has 0 unspecified atom stereocenters. The molecule has 0 amide bonds. The molecular weight excluding hydrogens is 441 g/mol. The van der Waals surface area contributed by atoms with Crippen molar-refractivity contribution in [1.82, 2.24) is 4.98 Å². The summed E-state index contributed by atoms with van der Waals surface area (Å²) in [6.45, 7) is 0.339. The maximum atomic E-state index is 14.6. The number of nitrogens with zero attached hydrogens (tertiary/aromatic N) is 2. The molecule has 0 aliphatic carbocycles. The summed E-state index contributed by atoms with van der Waals surface area (Å²) in [7, 11) is 0. The van der Waals surface area contributed by atoms with E-state index in [9.17, 15) is 9.18 Å². The van der Waals surface area contributed by atoms with Gasteiger partial charge in [-0.15, -0.1) is 0 Å². The number of benzene rings is 3. The molecule has 3 aromatic carbocycles. The van der Waals surface area contributed by atoms with E-state index in [1.165, 1.54) is 18.2 Å². The Hall–Kier alpha value is -4.03. The van der Waals surface area contributed by atoms with E-state index < -0.39 is 5.97 Å². The van der Waals surface area contributed by atoms with E-state index in [0.717, 1.165) is 16.8 Å². The third-order valence-corrected chi connectivity index (χ3v) is 5.65. The highest BCUT2D eigenvalue weighted by atomic mass is 35.5. The Bertz CT molecular complexity index is 1420. The molecule has 0 saturated carbocycles. The highest BCUT2D eigenvalue weighted by molar-refractivity contribution is 6.31. The Labute approximate surface area is 194 Å². The Balaban J connectivity index is 1.57. The Morgan fingerprint density at radius 3 is 2.48 bits per heavy atom. The Kier molecular flexibility index (Phi) is 5.36. The molecule has 1 aromatic heterocycles. The van der Waals surface area contributed by atoms with Gasteiger partial charge in [-0.05, 0) is 54.6 Å². The third kappa shape index (κ3) is 4.08. The zero-order valence-corrected chi connectivity index (χ0v) is 18.0. The van der Waals surface area contributed by atoms with Gasteiger partial charge in [0.2, 0.25) is 0 Å². The van der Waals surface area contributed by atoms with Gasteiger partial charge in [0.05, 0.1) is 23.5 Å². The standard InChI is InChI=1S/C26H17ClFN3O2/c27-17-8-11-19-21(13-17)25(20-3-1-2-4-22(20)28)29-14-16-7-12-23(31-24(16)19)30-18-9-5-15(6-10-18)26(32)33/h1-13H,14H2,(H,30,31)(H,32,33). The molecule has 7 heteroatoms. The van der Waals surface area contributed by atoms with Gasteiger partial charge in [-0.25, -0.2) is 14.2 Å². The molecule has 5 nitrogen and oxygen atoms in total. The average Bonchev–Trinajstić information content (AvgIpc) is 2.96. The fraction of sp³-hybridized carbons (Fsp3) is 0.0385. The van der Waals surface area contributed by atoms with Crippen LogP contribution in [-0.2, 0) is 6.54 Å². The molecule has 4 aromatic rings. The monoisotopic (exact) mass is 457 g/mol. The summed E-state index contributed by atoms with van der Waals surface area (Å²) in [6, 6.07) is 22.2. The summed E-state index contributed by atoms with van der Waals surface area (Å²) in [4.78, 5) is 20.6. The molecule has 1 aliphatic heterocycles. The van der Waals surface area contributed by atoms with Gasteiger partial charge < -0.3 is 10.4 Å². The van der Waals surface area contributed by atoms with Gasteiger partial charge in [0.1, 0.15) is 11.6 Å². The molecule has 0 bridgehead atoms. The molecule has 5 rings (SSSR count). The first kappa shape index (κ1) is 20.8. The van der Waals surface area contributed by atoms with E-state index in [2.05, 4.69) is 5.32 Å². The van der Waals surface area contributed by atoms with Crippen LogP contribution in [0.3, 0.4) is 0 Å². The van der Waals surface area contributed by atoms with Crippen LogP contribution in [-0.4, -0.2) is 21.8 Å². The smallest absolute Gasteiger partial charge is 0.335 e. The molecule has 0 fully saturated rings. The predicted octanol–water partition coefficient (Wildman–Crippen LogP) is 6.33. The van der Waals surface area contributed by atoms with Crippen LogP contribution < -0.4 is 5.32 Å². The molecule has 162 valence electrons. The first-order chi connectivity index (χ1) is 16.0. The highest BCUT2D eigenvalue weighted by Crippen LogP contribution is 2.34. The van der Waals surface area contributed by atoms with Crippen molar-refractivity contribution < 1.29 is 14.3 Å². The van der Waals surface area contributed by atoms with Gasteiger partial charge in [0.15, 0.2) is 0 Å². The van der Waals surface area contributed by atoms with Crippen molar-refractivity contribution in [3.63, 3.8) is 0 Å². The largest absolute Gasteiger partial charge is 0.478 e. The number of pyridine rings is 1. The van der Waals surface area contributed by atoms with Crippen molar-refractivity contribution in [2.75, 3.05) is 5.32 Å². The normalized spacial score (nSPS) is 12.2. The number of hydrogen-bond donors (Lipinski definition) is 2. The second-order valence-corrected chi connectivity index (χ2v) is 7.98. The first-order valence-electron chi connectivity index (χ1n) is 10.2. The topological polar surface area (TPSA) is 74.6 Å². The summed E-state index contributed by atoms with van der Waals surface area (Å²) in [5.74, 6) is -0.744. The molecule has 2 N–H and O–H groups in total. The maximum absolute atomic E-state index is 14.6. The molecule has 0 atom stereocenters. The summed E-state index contributed by atoms with van der Waals surface area (Å²) in [5.41, 5.74) is 4.99. The van der Waals surface area contributed by atoms with Crippen molar-refractivity contribution >= 4 is 34.8 Å². The Morgan fingerprint density at radius 2 is 1.73 bits per heavy atom. The van der Waals surface area contributed by atoms with Crippen molar-refractivity contribution in [3.05, 3.63) is 112 Å². The van der Waals surface area contributed by atoms with Crippen LogP contribution >= 0.6 is 11.6 Å². The highest BCUT2D eigenvalue weighted by Gasteiger charge is 2.22. The van der Waals surface area contributed by atoms with E-state index in [1.807, 2.05) is 18.2 Å². The molecule has 33 heavy (non-hydrogen) atoms. The summed E-state index contributed by atoms with van der Waals surface area (Å²) < 4.78 is 14.6. The minimum Gasteiger partial charge on any atom is -0.478 e. The molecular formula is C26H17ClFN3O2. The zero-order chi connectivity index (χ0) is 22.9. The Morgan fingerprint density at radius 1 is 0.939 bits per heavy atom. The molecule has 2 heterocycles. The minimum absolute atomic E-state index is 0.207. The quantitative estimate of drug-likeness (QED) is 0.375. The summed E-state index contributed by atoms with van der Waals surface area (Å²) >= 11 is 6.30.